The van der Waals surface area contributed by atoms with Gasteiger partial charge in [0.1, 0.15) is 14.1 Å². The zero-order valence-electron chi connectivity index (χ0n) is 12.1. The van der Waals surface area contributed by atoms with E-state index in [9.17, 15) is 9.59 Å². The fourth-order valence-electron chi connectivity index (χ4n) is 2.11. The van der Waals surface area contributed by atoms with Crippen molar-refractivity contribution in [2.24, 2.45) is 14.1 Å². The second kappa shape index (κ2) is 5.32. The van der Waals surface area contributed by atoms with Gasteiger partial charge in [0, 0.05) is 6.07 Å². The molecule has 0 aliphatic rings. The monoisotopic (exact) mass is 298 g/mol. The number of aryl methyl sites for hydroxylation is 2. The number of nitrogens with zero attached hydrogens (tertiary/aromatic N) is 6. The van der Waals surface area contributed by atoms with Crippen LogP contribution in [-0.4, -0.2) is 32.4 Å². The minimum atomic E-state index is 0.471. The maximum atomic E-state index is 10.9. The summed E-state index contributed by atoms with van der Waals surface area (Å²) in [4.78, 5) is 21.8. The van der Waals surface area contributed by atoms with Gasteiger partial charge in [-0.3, -0.25) is 9.59 Å². The minimum absolute atomic E-state index is 0.471. The van der Waals surface area contributed by atoms with Crippen molar-refractivity contribution in [3.8, 4) is 11.4 Å². The molecule has 0 spiro atoms. The van der Waals surface area contributed by atoms with Gasteiger partial charge in [-0.15, -0.1) is 18.7 Å². The van der Waals surface area contributed by atoms with Crippen LogP contribution in [0.3, 0.4) is 0 Å². The van der Waals surface area contributed by atoms with Crippen molar-refractivity contribution >= 4 is 12.6 Å². The van der Waals surface area contributed by atoms with Gasteiger partial charge in [0.05, 0.1) is 10.4 Å². The number of rotatable bonds is 4. The van der Waals surface area contributed by atoms with Gasteiger partial charge in [-0.05, 0) is 12.1 Å². The van der Waals surface area contributed by atoms with Crippen LogP contribution in [0.1, 0.15) is 21.0 Å². The molecule has 0 aliphatic heterocycles. The van der Waals surface area contributed by atoms with E-state index in [2.05, 4.69) is 10.4 Å². The van der Waals surface area contributed by atoms with E-state index in [4.69, 9.17) is 0 Å². The standard InChI is InChI=1S/C14H14N6O2/c1-17-13(9-21)7-19(15-17)11-4-3-5-12(6-11)20-8-14(10-22)18(2)16-20/h3-10H,1-2H3/q+2. The van der Waals surface area contributed by atoms with Crippen LogP contribution in [0.25, 0.3) is 11.4 Å². The quantitative estimate of drug-likeness (QED) is 0.473. The van der Waals surface area contributed by atoms with Crippen molar-refractivity contribution in [3.63, 3.8) is 0 Å². The van der Waals surface area contributed by atoms with Crippen LogP contribution in [0.15, 0.2) is 36.7 Å². The molecule has 2 aromatic heterocycles. The summed E-state index contributed by atoms with van der Waals surface area (Å²) in [6.07, 6.45) is 4.78. The lowest BCUT2D eigenvalue weighted by Crippen LogP contribution is -2.36. The van der Waals surface area contributed by atoms with Crippen molar-refractivity contribution in [2.45, 2.75) is 0 Å². The van der Waals surface area contributed by atoms with Gasteiger partial charge >= 0.3 is 0 Å². The Morgan fingerprint density at radius 2 is 1.36 bits per heavy atom. The molecule has 1 aromatic carbocycles. The highest BCUT2D eigenvalue weighted by molar-refractivity contribution is 5.71. The molecule has 0 bridgehead atoms. The number of hydrogen-bond acceptors (Lipinski definition) is 4. The first-order chi connectivity index (χ1) is 10.6. The molecule has 0 fully saturated rings. The van der Waals surface area contributed by atoms with Gasteiger partial charge in [-0.2, -0.15) is 0 Å². The number of aromatic nitrogens is 6. The molecule has 0 aliphatic carbocycles. The van der Waals surface area contributed by atoms with E-state index in [1.165, 1.54) is 9.36 Å². The van der Waals surface area contributed by atoms with E-state index in [1.807, 2.05) is 24.3 Å². The van der Waals surface area contributed by atoms with Crippen molar-refractivity contribution in [2.75, 3.05) is 0 Å². The van der Waals surface area contributed by atoms with E-state index in [0.717, 1.165) is 23.9 Å². The maximum Gasteiger partial charge on any atom is 0.230 e. The van der Waals surface area contributed by atoms with E-state index in [1.54, 1.807) is 35.9 Å². The lowest BCUT2D eigenvalue weighted by Gasteiger charge is -1.95. The van der Waals surface area contributed by atoms with Crippen molar-refractivity contribution < 1.29 is 19.0 Å². The topological polar surface area (TPSA) is 77.5 Å². The third-order valence-electron chi connectivity index (χ3n) is 3.32. The Balaban J connectivity index is 2.04. The predicted molar refractivity (Wildman–Crippen MR) is 73.8 cm³/mol. The summed E-state index contributed by atoms with van der Waals surface area (Å²) >= 11 is 0. The highest BCUT2D eigenvalue weighted by atomic mass is 16.1. The molecule has 0 saturated heterocycles. The third-order valence-corrected chi connectivity index (χ3v) is 3.32. The van der Waals surface area contributed by atoms with Gasteiger partial charge < -0.3 is 0 Å². The molecule has 3 aromatic rings. The number of hydrogen-bond donors (Lipinski definition) is 0. The Hall–Kier alpha value is -3.16. The highest BCUT2D eigenvalue weighted by Crippen LogP contribution is 2.05. The highest BCUT2D eigenvalue weighted by Gasteiger charge is 2.17. The first kappa shape index (κ1) is 13.8. The third kappa shape index (κ3) is 2.30. The van der Waals surface area contributed by atoms with Crippen LogP contribution >= 0.6 is 0 Å². The van der Waals surface area contributed by atoms with Gasteiger partial charge in [0.2, 0.25) is 11.4 Å². The number of benzene rings is 1. The van der Waals surface area contributed by atoms with Crippen molar-refractivity contribution in [3.05, 3.63) is 48.0 Å². The zero-order valence-corrected chi connectivity index (χ0v) is 12.1. The Bertz CT molecular complexity index is 797. The smallest absolute Gasteiger partial charge is 0.230 e. The van der Waals surface area contributed by atoms with Crippen LogP contribution in [0.4, 0.5) is 0 Å². The number of aldehydes is 2. The molecule has 8 nitrogen and oxygen atoms in total. The SMILES string of the molecule is Cn1n[n+](-c2cccc(-[n+]3cc(C=O)n(C)n3)c2)cc1C=O. The lowest BCUT2D eigenvalue weighted by atomic mass is 10.3. The lowest BCUT2D eigenvalue weighted by molar-refractivity contribution is -0.669. The zero-order chi connectivity index (χ0) is 15.7. The summed E-state index contributed by atoms with van der Waals surface area (Å²) in [6, 6.07) is 7.46. The molecule has 0 atom stereocenters. The average Bonchev–Trinajstić information content (AvgIpc) is 3.10. The van der Waals surface area contributed by atoms with Crippen LogP contribution < -0.4 is 9.36 Å². The molecule has 110 valence electrons. The second-order valence-electron chi connectivity index (χ2n) is 4.78. The van der Waals surface area contributed by atoms with Gasteiger partial charge in [0.25, 0.3) is 0 Å². The summed E-state index contributed by atoms with van der Waals surface area (Å²) in [5.41, 5.74) is 2.51. The molecule has 0 unspecified atom stereocenters. The summed E-state index contributed by atoms with van der Waals surface area (Å²) in [6.45, 7) is 0. The largest absolute Gasteiger partial charge is 0.294 e. The summed E-state index contributed by atoms with van der Waals surface area (Å²) in [7, 11) is 3.40. The molecule has 0 N–H and O–H groups in total. The molecule has 0 saturated carbocycles. The Morgan fingerprint density at radius 3 is 1.73 bits per heavy atom. The van der Waals surface area contributed by atoms with Gasteiger partial charge in [0.15, 0.2) is 36.3 Å². The molecule has 0 amide bonds. The number of carbonyl (C=O) groups excluding carboxylic acids is 2. The Morgan fingerprint density at radius 1 is 0.909 bits per heavy atom. The molecular weight excluding hydrogens is 284 g/mol. The van der Waals surface area contributed by atoms with E-state index in [-0.39, 0.29) is 0 Å². The van der Waals surface area contributed by atoms with E-state index >= 15 is 0 Å². The molecule has 22 heavy (non-hydrogen) atoms. The average molecular weight is 298 g/mol. The molecular formula is C14H14N6O2+2. The molecule has 0 radical (unpaired) electrons. The van der Waals surface area contributed by atoms with Crippen LogP contribution in [0.2, 0.25) is 0 Å². The molecule has 3 rings (SSSR count). The maximum absolute atomic E-state index is 10.9. The summed E-state index contributed by atoms with van der Waals surface area (Å²) < 4.78 is 6.21. The van der Waals surface area contributed by atoms with Crippen LogP contribution in [0.5, 0.6) is 0 Å². The summed E-state index contributed by atoms with van der Waals surface area (Å²) in [5, 5.41) is 8.47. The first-order valence-electron chi connectivity index (χ1n) is 6.55. The second-order valence-corrected chi connectivity index (χ2v) is 4.78. The van der Waals surface area contributed by atoms with E-state index in [0.29, 0.717) is 11.4 Å². The van der Waals surface area contributed by atoms with E-state index < -0.39 is 0 Å². The Labute approximate surface area is 125 Å². The van der Waals surface area contributed by atoms with Gasteiger partial charge in [-0.25, -0.2) is 0 Å². The van der Waals surface area contributed by atoms with Crippen LogP contribution in [0, 0.1) is 0 Å². The minimum Gasteiger partial charge on any atom is -0.294 e. The summed E-state index contributed by atoms with van der Waals surface area (Å²) in [5.74, 6) is 0. The van der Waals surface area contributed by atoms with Crippen molar-refractivity contribution in [1.82, 2.24) is 19.8 Å². The normalized spacial score (nSPS) is 10.6. The van der Waals surface area contributed by atoms with Gasteiger partial charge in [-0.1, -0.05) is 6.07 Å². The fraction of sp³-hybridized carbons (Fsp3) is 0.143. The van der Waals surface area contributed by atoms with Crippen LogP contribution in [-0.2, 0) is 14.1 Å². The Kier molecular flexibility index (Phi) is 3.34. The first-order valence-corrected chi connectivity index (χ1v) is 6.55. The predicted octanol–water partition coefficient (Wildman–Crippen LogP) is -0.668. The van der Waals surface area contributed by atoms with Crippen molar-refractivity contribution in [1.29, 1.82) is 0 Å². The number of carbonyl (C=O) groups is 2. The molecule has 2 heterocycles. The molecule has 8 heteroatoms. The fourth-order valence-corrected chi connectivity index (χ4v) is 2.11.